The third-order valence-electron chi connectivity index (χ3n) is 0.920. The van der Waals surface area contributed by atoms with Gasteiger partial charge in [-0.1, -0.05) is 18.2 Å². The second kappa shape index (κ2) is 5.95. The average Bonchev–Trinajstić information content (AvgIpc) is 1.98. The van der Waals surface area contributed by atoms with Gasteiger partial charge in [-0.3, -0.25) is 0 Å². The molecule has 0 atom stereocenters. The zero-order valence-corrected chi connectivity index (χ0v) is 6.08. The quantitative estimate of drug-likeness (QED) is 0.333. The maximum absolute atomic E-state index is 9.80. The van der Waals surface area contributed by atoms with Gasteiger partial charge in [0.1, 0.15) is 0 Å². The molecule has 0 heterocycles. The van der Waals surface area contributed by atoms with Crippen LogP contribution in [0.2, 0.25) is 0 Å². The van der Waals surface area contributed by atoms with Crippen LogP contribution in [0.4, 0.5) is 0 Å². The first-order valence-corrected chi connectivity index (χ1v) is 3.09. The third kappa shape index (κ3) is 4.97. The maximum Gasteiger partial charge on any atom is 0.0818 e. The SMILES string of the molecule is C=CC/C=C\C=C(/C)N=O. The van der Waals surface area contributed by atoms with Gasteiger partial charge in [0.25, 0.3) is 0 Å². The van der Waals surface area contributed by atoms with Crippen molar-refractivity contribution in [3.63, 3.8) is 0 Å². The van der Waals surface area contributed by atoms with Gasteiger partial charge in [-0.15, -0.1) is 11.5 Å². The summed E-state index contributed by atoms with van der Waals surface area (Å²) in [6.07, 6.45) is 7.97. The van der Waals surface area contributed by atoms with E-state index in [9.17, 15) is 4.91 Å². The maximum atomic E-state index is 9.80. The summed E-state index contributed by atoms with van der Waals surface area (Å²) in [6, 6.07) is 0. The summed E-state index contributed by atoms with van der Waals surface area (Å²) in [5.41, 5.74) is 0.486. The minimum atomic E-state index is 0.486. The fourth-order valence-electron chi connectivity index (χ4n) is 0.413. The predicted molar refractivity (Wildman–Crippen MR) is 43.5 cm³/mol. The van der Waals surface area contributed by atoms with E-state index in [-0.39, 0.29) is 0 Å². The summed E-state index contributed by atoms with van der Waals surface area (Å²) in [4.78, 5) is 9.80. The summed E-state index contributed by atoms with van der Waals surface area (Å²) < 4.78 is 0. The highest BCUT2D eigenvalue weighted by molar-refractivity contribution is 5.09. The Labute approximate surface area is 60.9 Å². The number of hydrogen-bond donors (Lipinski definition) is 0. The van der Waals surface area contributed by atoms with Crippen LogP contribution < -0.4 is 0 Å². The number of nitroso groups, excluding NO2 is 1. The number of allylic oxidation sites excluding steroid dienone is 5. The molecule has 2 nitrogen and oxygen atoms in total. The summed E-state index contributed by atoms with van der Waals surface area (Å²) in [6.45, 7) is 5.20. The van der Waals surface area contributed by atoms with Gasteiger partial charge in [0.2, 0.25) is 0 Å². The van der Waals surface area contributed by atoms with Gasteiger partial charge in [-0.25, -0.2) is 0 Å². The van der Waals surface area contributed by atoms with E-state index in [0.717, 1.165) is 6.42 Å². The Balaban J connectivity index is 3.69. The molecule has 0 aromatic rings. The second-order valence-corrected chi connectivity index (χ2v) is 1.85. The molecule has 0 aliphatic rings. The molecule has 0 aromatic heterocycles. The highest BCUT2D eigenvalue weighted by Gasteiger charge is 1.77. The number of hydrogen-bond acceptors (Lipinski definition) is 2. The van der Waals surface area contributed by atoms with Gasteiger partial charge in [-0.2, -0.15) is 0 Å². The molecule has 0 rings (SSSR count). The van der Waals surface area contributed by atoms with E-state index >= 15 is 0 Å². The smallest absolute Gasteiger partial charge is 0.0818 e. The molecular weight excluding hydrogens is 126 g/mol. The lowest BCUT2D eigenvalue weighted by atomic mass is 10.3. The fourth-order valence-corrected chi connectivity index (χ4v) is 0.413. The van der Waals surface area contributed by atoms with E-state index in [1.54, 1.807) is 25.2 Å². The van der Waals surface area contributed by atoms with E-state index in [2.05, 4.69) is 11.8 Å². The minimum absolute atomic E-state index is 0.486. The van der Waals surface area contributed by atoms with Gasteiger partial charge < -0.3 is 0 Å². The monoisotopic (exact) mass is 137 g/mol. The number of nitrogens with zero attached hydrogens (tertiary/aromatic N) is 1. The van der Waals surface area contributed by atoms with Crippen LogP contribution in [0.15, 0.2) is 41.8 Å². The molecule has 0 N–H and O–H groups in total. The summed E-state index contributed by atoms with van der Waals surface area (Å²) in [7, 11) is 0. The van der Waals surface area contributed by atoms with Crippen molar-refractivity contribution in [2.75, 3.05) is 0 Å². The Morgan fingerprint density at radius 3 is 2.90 bits per heavy atom. The zero-order valence-electron chi connectivity index (χ0n) is 6.08. The number of rotatable bonds is 4. The van der Waals surface area contributed by atoms with Crippen LogP contribution >= 0.6 is 0 Å². The van der Waals surface area contributed by atoms with Crippen LogP contribution in [0.3, 0.4) is 0 Å². The van der Waals surface area contributed by atoms with Gasteiger partial charge in [0.05, 0.1) is 5.70 Å². The van der Waals surface area contributed by atoms with Crippen LogP contribution in [-0.4, -0.2) is 0 Å². The largest absolute Gasteiger partial charge is 0.145 e. The summed E-state index contributed by atoms with van der Waals surface area (Å²) >= 11 is 0. The van der Waals surface area contributed by atoms with Crippen molar-refractivity contribution in [3.8, 4) is 0 Å². The third-order valence-corrected chi connectivity index (χ3v) is 0.920. The Kier molecular flexibility index (Phi) is 5.25. The zero-order chi connectivity index (χ0) is 7.82. The molecular formula is C8H11NO. The lowest BCUT2D eigenvalue weighted by molar-refractivity contribution is 1.28. The molecule has 10 heavy (non-hydrogen) atoms. The van der Waals surface area contributed by atoms with E-state index < -0.39 is 0 Å². The Morgan fingerprint density at radius 2 is 2.40 bits per heavy atom. The molecule has 0 bridgehead atoms. The molecule has 54 valence electrons. The van der Waals surface area contributed by atoms with Crippen molar-refractivity contribution < 1.29 is 0 Å². The van der Waals surface area contributed by atoms with Crippen molar-refractivity contribution in [2.24, 2.45) is 5.18 Å². The molecule has 0 saturated carbocycles. The van der Waals surface area contributed by atoms with Crippen LogP contribution in [0.1, 0.15) is 13.3 Å². The summed E-state index contributed by atoms with van der Waals surface area (Å²) in [5, 5.41) is 2.72. The Morgan fingerprint density at radius 1 is 1.70 bits per heavy atom. The van der Waals surface area contributed by atoms with Gasteiger partial charge in [0.15, 0.2) is 0 Å². The molecule has 0 saturated heterocycles. The van der Waals surface area contributed by atoms with Crippen LogP contribution in [-0.2, 0) is 0 Å². The van der Waals surface area contributed by atoms with Gasteiger partial charge in [-0.05, 0) is 24.6 Å². The van der Waals surface area contributed by atoms with E-state index in [0.29, 0.717) is 5.70 Å². The van der Waals surface area contributed by atoms with Crippen LogP contribution in [0.5, 0.6) is 0 Å². The molecule has 0 spiro atoms. The highest BCUT2D eigenvalue weighted by atomic mass is 16.3. The van der Waals surface area contributed by atoms with Crippen molar-refractivity contribution in [2.45, 2.75) is 13.3 Å². The molecule has 0 radical (unpaired) electrons. The first kappa shape index (κ1) is 8.82. The van der Waals surface area contributed by atoms with Gasteiger partial charge in [0, 0.05) is 0 Å². The molecule has 0 aliphatic carbocycles. The first-order chi connectivity index (χ1) is 4.81. The molecule has 0 aliphatic heterocycles. The van der Waals surface area contributed by atoms with Crippen LogP contribution in [0.25, 0.3) is 0 Å². The topological polar surface area (TPSA) is 29.4 Å². The van der Waals surface area contributed by atoms with Crippen molar-refractivity contribution in [1.29, 1.82) is 0 Å². The average molecular weight is 137 g/mol. The van der Waals surface area contributed by atoms with E-state index in [1.807, 2.05) is 6.08 Å². The van der Waals surface area contributed by atoms with Crippen molar-refractivity contribution >= 4 is 0 Å². The lowest BCUT2D eigenvalue weighted by Gasteiger charge is -1.79. The molecule has 0 amide bonds. The normalized spacial score (nSPS) is 11.9. The fraction of sp³-hybridized carbons (Fsp3) is 0.250. The molecule has 0 fully saturated rings. The second-order valence-electron chi connectivity index (χ2n) is 1.85. The lowest BCUT2D eigenvalue weighted by Crippen LogP contribution is -1.62. The molecule has 0 aromatic carbocycles. The minimum Gasteiger partial charge on any atom is -0.145 e. The van der Waals surface area contributed by atoms with Crippen molar-refractivity contribution in [3.05, 3.63) is 41.5 Å². The van der Waals surface area contributed by atoms with Crippen LogP contribution in [0, 0.1) is 4.91 Å². The van der Waals surface area contributed by atoms with E-state index in [1.165, 1.54) is 0 Å². The predicted octanol–water partition coefficient (Wildman–Crippen LogP) is 2.79. The summed E-state index contributed by atoms with van der Waals surface area (Å²) in [5.74, 6) is 0. The Bertz CT molecular complexity index is 168. The van der Waals surface area contributed by atoms with E-state index in [4.69, 9.17) is 0 Å². The molecule has 0 unspecified atom stereocenters. The first-order valence-electron chi connectivity index (χ1n) is 3.09. The highest BCUT2D eigenvalue weighted by Crippen LogP contribution is 1.93. The Hall–Kier alpha value is -1.18. The van der Waals surface area contributed by atoms with Crippen molar-refractivity contribution in [1.82, 2.24) is 0 Å². The molecule has 2 heteroatoms. The van der Waals surface area contributed by atoms with Gasteiger partial charge >= 0.3 is 0 Å². The standard InChI is InChI=1S/C8H11NO/c1-3-4-5-6-7-8(2)9-10/h3,5-7H,1,4H2,2H3/b6-5-,8-7+.